The van der Waals surface area contributed by atoms with Crippen molar-refractivity contribution < 1.29 is 4.74 Å². The molecule has 0 atom stereocenters. The molecule has 0 saturated heterocycles. The van der Waals surface area contributed by atoms with Crippen LogP contribution in [0.1, 0.15) is 30.3 Å². The third kappa shape index (κ3) is 7.69. The van der Waals surface area contributed by atoms with Gasteiger partial charge in [0, 0.05) is 35.4 Å². The monoisotopic (exact) mass is 549 g/mol. The zero-order chi connectivity index (χ0) is 18.9. The van der Waals surface area contributed by atoms with Gasteiger partial charge < -0.3 is 15.4 Å². The molecule has 0 amide bonds. The minimum Gasteiger partial charge on any atom is -0.496 e. The summed E-state index contributed by atoms with van der Waals surface area (Å²) in [7, 11) is 1.68. The predicted octanol–water partition coefficient (Wildman–Crippen LogP) is 4.03. The lowest BCUT2D eigenvalue weighted by molar-refractivity contribution is 0.409. The normalized spacial score (nSPS) is 11.1. The molecule has 0 saturated carbocycles. The van der Waals surface area contributed by atoms with Crippen LogP contribution in [0.4, 0.5) is 0 Å². The summed E-state index contributed by atoms with van der Waals surface area (Å²) in [5, 5.41) is 11.2. The van der Waals surface area contributed by atoms with Crippen molar-refractivity contribution in [2.24, 2.45) is 4.99 Å². The predicted molar refractivity (Wildman–Crippen MR) is 125 cm³/mol. The minimum absolute atomic E-state index is 0. The van der Waals surface area contributed by atoms with Gasteiger partial charge in [0.1, 0.15) is 5.75 Å². The van der Waals surface area contributed by atoms with E-state index >= 15 is 0 Å². The maximum atomic E-state index is 5.41. The lowest BCUT2D eigenvalue weighted by Crippen LogP contribution is -2.38. The Hall–Kier alpha value is -1.29. The average molecular weight is 550 g/mol. The molecular weight excluding hydrogens is 521 g/mol. The van der Waals surface area contributed by atoms with E-state index in [1.807, 2.05) is 29.8 Å². The molecule has 0 radical (unpaired) electrons. The second-order valence-electron chi connectivity index (χ2n) is 6.08. The Bertz CT molecular complexity index is 748. The molecule has 1 heterocycles. The molecule has 2 N–H and O–H groups in total. The Labute approximate surface area is 187 Å². The molecule has 6 nitrogen and oxygen atoms in total. The summed E-state index contributed by atoms with van der Waals surface area (Å²) in [6.07, 6.45) is 0.979. The molecular formula is C19H29BrIN5O. The number of hydrogen-bond donors (Lipinski definition) is 2. The molecule has 2 aromatic rings. The molecule has 1 aromatic heterocycles. The first-order valence-corrected chi connectivity index (χ1v) is 9.68. The van der Waals surface area contributed by atoms with Gasteiger partial charge in [0.05, 0.1) is 19.3 Å². The van der Waals surface area contributed by atoms with Crippen LogP contribution in [0.15, 0.2) is 33.7 Å². The van der Waals surface area contributed by atoms with Crippen molar-refractivity contribution in [2.75, 3.05) is 20.2 Å². The Morgan fingerprint density at radius 3 is 2.67 bits per heavy atom. The van der Waals surface area contributed by atoms with Crippen molar-refractivity contribution in [3.63, 3.8) is 0 Å². The molecule has 1 aromatic carbocycles. The van der Waals surface area contributed by atoms with Crippen molar-refractivity contribution in [3.8, 4) is 5.75 Å². The second-order valence-corrected chi connectivity index (χ2v) is 7.00. The maximum absolute atomic E-state index is 5.41. The summed E-state index contributed by atoms with van der Waals surface area (Å²) in [6.45, 7) is 9.27. The van der Waals surface area contributed by atoms with Gasteiger partial charge in [0.2, 0.25) is 0 Å². The van der Waals surface area contributed by atoms with Gasteiger partial charge in [0.25, 0.3) is 0 Å². The number of aromatic nitrogens is 2. The first-order valence-electron chi connectivity index (χ1n) is 8.89. The van der Waals surface area contributed by atoms with Crippen LogP contribution in [0.3, 0.4) is 0 Å². The fourth-order valence-corrected chi connectivity index (χ4v) is 3.12. The molecule has 0 aliphatic heterocycles. The van der Waals surface area contributed by atoms with E-state index in [0.29, 0.717) is 6.54 Å². The van der Waals surface area contributed by atoms with Gasteiger partial charge in [-0.05, 0) is 51.5 Å². The topological polar surface area (TPSA) is 63.5 Å². The Balaban J connectivity index is 0.00000364. The van der Waals surface area contributed by atoms with E-state index in [4.69, 9.17) is 4.74 Å². The molecule has 8 heteroatoms. The van der Waals surface area contributed by atoms with Crippen molar-refractivity contribution in [2.45, 2.75) is 40.3 Å². The summed E-state index contributed by atoms with van der Waals surface area (Å²) in [4.78, 5) is 4.67. The number of aliphatic imine (C=N–C) groups is 1. The zero-order valence-corrected chi connectivity index (χ0v) is 20.3. The molecule has 0 bridgehead atoms. The fourth-order valence-electron chi connectivity index (χ4n) is 2.71. The number of nitrogens with one attached hydrogen (secondary N) is 2. The number of methoxy groups -OCH3 is 1. The number of ether oxygens (including phenoxy) is 1. The number of halogens is 2. The van der Waals surface area contributed by atoms with E-state index < -0.39 is 0 Å². The van der Waals surface area contributed by atoms with Gasteiger partial charge in [0.15, 0.2) is 5.96 Å². The van der Waals surface area contributed by atoms with Crippen LogP contribution >= 0.6 is 39.9 Å². The minimum atomic E-state index is 0. The van der Waals surface area contributed by atoms with E-state index in [0.717, 1.165) is 53.5 Å². The van der Waals surface area contributed by atoms with Crippen LogP contribution in [0.2, 0.25) is 0 Å². The van der Waals surface area contributed by atoms with Crippen molar-refractivity contribution in [1.29, 1.82) is 0 Å². The van der Waals surface area contributed by atoms with Gasteiger partial charge in [-0.1, -0.05) is 15.9 Å². The van der Waals surface area contributed by atoms with Crippen molar-refractivity contribution >= 4 is 45.9 Å². The van der Waals surface area contributed by atoms with Crippen molar-refractivity contribution in [3.05, 3.63) is 45.7 Å². The lowest BCUT2D eigenvalue weighted by Gasteiger charge is -2.12. The maximum Gasteiger partial charge on any atom is 0.191 e. The number of aryl methyl sites for hydroxylation is 3. The first kappa shape index (κ1) is 23.7. The van der Waals surface area contributed by atoms with E-state index in [1.54, 1.807) is 7.11 Å². The molecule has 27 heavy (non-hydrogen) atoms. The van der Waals surface area contributed by atoms with Crippen LogP contribution in [-0.2, 0) is 13.1 Å². The lowest BCUT2D eigenvalue weighted by atomic mass is 10.2. The second kappa shape index (κ2) is 12.2. The van der Waals surface area contributed by atoms with Gasteiger partial charge in [-0.15, -0.1) is 24.0 Å². The Morgan fingerprint density at radius 1 is 1.26 bits per heavy atom. The van der Waals surface area contributed by atoms with Gasteiger partial charge in [-0.2, -0.15) is 5.10 Å². The average Bonchev–Trinajstić information content (AvgIpc) is 2.94. The largest absolute Gasteiger partial charge is 0.496 e. The molecule has 150 valence electrons. The molecule has 0 fully saturated rings. The summed E-state index contributed by atoms with van der Waals surface area (Å²) >= 11 is 3.50. The SMILES string of the molecule is CCNC(=NCc1cc(Br)ccc1OC)NCCCn1nc(C)cc1C.I. The summed E-state index contributed by atoms with van der Waals surface area (Å²) in [5.74, 6) is 1.65. The quantitative estimate of drug-likeness (QED) is 0.226. The van der Waals surface area contributed by atoms with E-state index in [2.05, 4.69) is 56.6 Å². The first-order chi connectivity index (χ1) is 12.5. The number of hydrogen-bond acceptors (Lipinski definition) is 3. The Morgan fingerprint density at radius 2 is 2.04 bits per heavy atom. The van der Waals surface area contributed by atoms with Crippen LogP contribution in [0, 0.1) is 13.8 Å². The highest BCUT2D eigenvalue weighted by atomic mass is 127. The highest BCUT2D eigenvalue weighted by Gasteiger charge is 2.05. The third-order valence-electron chi connectivity index (χ3n) is 3.94. The van der Waals surface area contributed by atoms with Crippen molar-refractivity contribution in [1.82, 2.24) is 20.4 Å². The van der Waals surface area contributed by atoms with E-state index in [9.17, 15) is 0 Å². The summed E-state index contributed by atoms with van der Waals surface area (Å²) < 4.78 is 8.48. The smallest absolute Gasteiger partial charge is 0.191 e. The Kier molecular flexibility index (Phi) is 10.8. The van der Waals surface area contributed by atoms with E-state index in [-0.39, 0.29) is 24.0 Å². The highest BCUT2D eigenvalue weighted by Crippen LogP contribution is 2.23. The van der Waals surface area contributed by atoms with Crippen LogP contribution in [0.25, 0.3) is 0 Å². The molecule has 0 aliphatic carbocycles. The van der Waals surface area contributed by atoms with Gasteiger partial charge >= 0.3 is 0 Å². The summed E-state index contributed by atoms with van der Waals surface area (Å²) in [5.41, 5.74) is 3.31. The molecule has 0 spiro atoms. The molecule has 0 unspecified atom stereocenters. The van der Waals surface area contributed by atoms with Crippen LogP contribution in [-0.4, -0.2) is 35.9 Å². The standard InChI is InChI=1S/C19H28BrN5O.HI/c1-5-21-19(22-9-6-10-25-15(3)11-14(2)24-25)23-13-16-12-17(20)7-8-18(16)26-4;/h7-8,11-12H,5-6,9-10,13H2,1-4H3,(H2,21,22,23);1H. The van der Waals surface area contributed by atoms with Gasteiger partial charge in [-0.25, -0.2) is 4.99 Å². The fraction of sp³-hybridized carbons (Fsp3) is 0.474. The highest BCUT2D eigenvalue weighted by molar-refractivity contribution is 14.0. The third-order valence-corrected chi connectivity index (χ3v) is 4.43. The zero-order valence-electron chi connectivity index (χ0n) is 16.4. The van der Waals surface area contributed by atoms with Crippen LogP contribution in [0.5, 0.6) is 5.75 Å². The number of guanidine groups is 1. The number of nitrogens with zero attached hydrogens (tertiary/aromatic N) is 3. The van der Waals surface area contributed by atoms with Gasteiger partial charge in [-0.3, -0.25) is 4.68 Å². The number of benzene rings is 1. The van der Waals surface area contributed by atoms with E-state index in [1.165, 1.54) is 5.69 Å². The molecule has 2 rings (SSSR count). The van der Waals surface area contributed by atoms with Crippen LogP contribution < -0.4 is 15.4 Å². The molecule has 0 aliphatic rings. The number of rotatable bonds is 8. The summed E-state index contributed by atoms with van der Waals surface area (Å²) in [6, 6.07) is 8.05.